The van der Waals surface area contributed by atoms with Gasteiger partial charge in [-0.3, -0.25) is 9.59 Å². The van der Waals surface area contributed by atoms with Crippen LogP contribution in [0.2, 0.25) is 0 Å². The number of anilines is 1. The SMILES string of the molecule is CCCCCc1ccc(C(=O)N(CC(=O)Nc2nc(-c3ccccc3)cs2)CC(C)C)cc1. The number of nitrogens with one attached hydrogen (secondary N) is 1. The molecule has 6 heteroatoms. The van der Waals surface area contributed by atoms with Crippen molar-refractivity contribution in [2.45, 2.75) is 46.5 Å². The van der Waals surface area contributed by atoms with Gasteiger partial charge in [0.05, 0.1) is 5.69 Å². The van der Waals surface area contributed by atoms with Gasteiger partial charge in [-0.25, -0.2) is 4.98 Å². The van der Waals surface area contributed by atoms with Crippen molar-refractivity contribution in [3.8, 4) is 11.3 Å². The third-order valence-electron chi connectivity index (χ3n) is 5.30. The Labute approximate surface area is 200 Å². The number of hydrogen-bond acceptors (Lipinski definition) is 4. The molecule has 0 saturated heterocycles. The molecule has 174 valence electrons. The molecule has 0 aliphatic heterocycles. The van der Waals surface area contributed by atoms with Crippen LogP contribution in [0.3, 0.4) is 0 Å². The fraction of sp³-hybridized carbons (Fsp3) is 0.370. The second kappa shape index (κ2) is 12.3. The lowest BCUT2D eigenvalue weighted by Gasteiger charge is -2.24. The quantitative estimate of drug-likeness (QED) is 0.340. The maximum Gasteiger partial charge on any atom is 0.254 e. The smallest absolute Gasteiger partial charge is 0.254 e. The minimum absolute atomic E-state index is 0.00445. The van der Waals surface area contributed by atoms with Crippen LogP contribution in [0.15, 0.2) is 60.0 Å². The fourth-order valence-corrected chi connectivity index (χ4v) is 4.38. The average Bonchev–Trinajstić information content (AvgIpc) is 3.27. The second-order valence-electron chi connectivity index (χ2n) is 8.69. The number of unbranched alkanes of at least 4 members (excludes halogenated alkanes) is 2. The van der Waals surface area contributed by atoms with Crippen LogP contribution in [-0.4, -0.2) is 34.8 Å². The molecule has 0 saturated carbocycles. The van der Waals surface area contributed by atoms with Crippen LogP contribution in [-0.2, 0) is 11.2 Å². The first kappa shape index (κ1) is 24.6. The van der Waals surface area contributed by atoms with E-state index in [2.05, 4.69) is 17.2 Å². The van der Waals surface area contributed by atoms with E-state index in [0.29, 0.717) is 17.2 Å². The number of benzene rings is 2. The van der Waals surface area contributed by atoms with Gasteiger partial charge in [0.2, 0.25) is 5.91 Å². The molecule has 0 spiro atoms. The number of amides is 2. The molecule has 0 aliphatic carbocycles. The van der Waals surface area contributed by atoms with E-state index in [1.165, 1.54) is 29.7 Å². The highest BCUT2D eigenvalue weighted by Crippen LogP contribution is 2.24. The summed E-state index contributed by atoms with van der Waals surface area (Å²) in [6.45, 7) is 6.79. The van der Waals surface area contributed by atoms with Crippen molar-refractivity contribution >= 4 is 28.3 Å². The van der Waals surface area contributed by atoms with E-state index in [-0.39, 0.29) is 24.3 Å². The van der Waals surface area contributed by atoms with Crippen LogP contribution < -0.4 is 5.32 Å². The Morgan fingerprint density at radius 1 is 1.03 bits per heavy atom. The summed E-state index contributed by atoms with van der Waals surface area (Å²) in [6, 6.07) is 17.6. The van der Waals surface area contributed by atoms with Crippen LogP contribution in [0.1, 0.15) is 56.0 Å². The Morgan fingerprint density at radius 2 is 1.76 bits per heavy atom. The Kier molecular flexibility index (Phi) is 9.19. The number of aryl methyl sites for hydroxylation is 1. The zero-order valence-corrected chi connectivity index (χ0v) is 20.5. The lowest BCUT2D eigenvalue weighted by atomic mass is 10.0. The van der Waals surface area contributed by atoms with E-state index < -0.39 is 0 Å². The molecule has 2 aromatic carbocycles. The minimum atomic E-state index is -0.242. The van der Waals surface area contributed by atoms with Crippen molar-refractivity contribution < 1.29 is 9.59 Å². The number of carbonyl (C=O) groups is 2. The van der Waals surface area contributed by atoms with Crippen molar-refractivity contribution in [1.29, 1.82) is 0 Å². The number of nitrogens with zero attached hydrogens (tertiary/aromatic N) is 2. The van der Waals surface area contributed by atoms with E-state index in [1.54, 1.807) is 4.90 Å². The molecule has 0 fully saturated rings. The second-order valence-corrected chi connectivity index (χ2v) is 9.54. The Hall–Kier alpha value is -2.99. The molecule has 33 heavy (non-hydrogen) atoms. The maximum absolute atomic E-state index is 13.2. The summed E-state index contributed by atoms with van der Waals surface area (Å²) >= 11 is 1.38. The minimum Gasteiger partial charge on any atom is -0.329 e. The van der Waals surface area contributed by atoms with Crippen molar-refractivity contribution in [2.75, 3.05) is 18.4 Å². The highest BCUT2D eigenvalue weighted by atomic mass is 32.1. The molecule has 0 aliphatic rings. The molecule has 0 radical (unpaired) electrons. The van der Waals surface area contributed by atoms with Crippen LogP contribution in [0.4, 0.5) is 5.13 Å². The summed E-state index contributed by atoms with van der Waals surface area (Å²) < 4.78 is 0. The van der Waals surface area contributed by atoms with Gasteiger partial charge in [0.15, 0.2) is 5.13 Å². The van der Waals surface area contributed by atoms with E-state index in [9.17, 15) is 9.59 Å². The third kappa shape index (κ3) is 7.53. The highest BCUT2D eigenvalue weighted by molar-refractivity contribution is 7.14. The molecular formula is C27H33N3O2S. The van der Waals surface area contributed by atoms with Crippen LogP contribution in [0.25, 0.3) is 11.3 Å². The molecule has 0 bridgehead atoms. The first-order valence-corrected chi connectivity index (χ1v) is 12.5. The van der Waals surface area contributed by atoms with E-state index in [4.69, 9.17) is 0 Å². The first-order chi connectivity index (χ1) is 16.0. The Morgan fingerprint density at radius 3 is 2.42 bits per heavy atom. The van der Waals surface area contributed by atoms with Gasteiger partial charge in [-0.2, -0.15) is 0 Å². The predicted molar refractivity (Wildman–Crippen MR) is 137 cm³/mol. The number of aromatic nitrogens is 1. The summed E-state index contributed by atoms with van der Waals surface area (Å²) in [5.74, 6) is -0.114. The zero-order valence-electron chi connectivity index (χ0n) is 19.7. The lowest BCUT2D eigenvalue weighted by molar-refractivity contribution is -0.117. The molecule has 1 heterocycles. The van der Waals surface area contributed by atoms with Crippen molar-refractivity contribution in [3.05, 3.63) is 71.1 Å². The largest absolute Gasteiger partial charge is 0.329 e. The topological polar surface area (TPSA) is 62.3 Å². The normalized spacial score (nSPS) is 10.9. The fourth-order valence-electron chi connectivity index (χ4n) is 3.64. The monoisotopic (exact) mass is 463 g/mol. The Balaban J connectivity index is 1.63. The molecule has 1 N–H and O–H groups in total. The van der Waals surface area contributed by atoms with Gasteiger partial charge in [-0.05, 0) is 36.5 Å². The summed E-state index contributed by atoms with van der Waals surface area (Å²) in [6.07, 6.45) is 4.59. The summed E-state index contributed by atoms with van der Waals surface area (Å²) in [4.78, 5) is 32.0. The van der Waals surface area contributed by atoms with Crippen LogP contribution in [0, 0.1) is 5.92 Å². The number of rotatable bonds is 11. The van der Waals surface area contributed by atoms with Crippen molar-refractivity contribution in [3.63, 3.8) is 0 Å². The van der Waals surface area contributed by atoms with Crippen molar-refractivity contribution in [1.82, 2.24) is 9.88 Å². The molecule has 0 unspecified atom stereocenters. The molecule has 1 aromatic heterocycles. The van der Waals surface area contributed by atoms with Crippen LogP contribution >= 0.6 is 11.3 Å². The number of hydrogen-bond donors (Lipinski definition) is 1. The molecule has 5 nitrogen and oxygen atoms in total. The first-order valence-electron chi connectivity index (χ1n) is 11.6. The van der Waals surface area contributed by atoms with E-state index in [1.807, 2.05) is 73.8 Å². The standard InChI is InChI=1S/C27H33N3O2S/c1-4-5-7-10-21-13-15-23(16-14-21)26(32)30(17-20(2)3)18-25(31)29-27-28-24(19-33-27)22-11-8-6-9-12-22/h6,8-9,11-16,19-20H,4-5,7,10,17-18H2,1-3H3,(H,28,29,31). The maximum atomic E-state index is 13.2. The van der Waals surface area contributed by atoms with Gasteiger partial charge in [0, 0.05) is 23.1 Å². The molecule has 0 atom stereocenters. The molecular weight excluding hydrogens is 430 g/mol. The highest BCUT2D eigenvalue weighted by Gasteiger charge is 2.20. The summed E-state index contributed by atoms with van der Waals surface area (Å²) in [5.41, 5.74) is 3.68. The van der Waals surface area contributed by atoms with E-state index in [0.717, 1.165) is 24.1 Å². The van der Waals surface area contributed by atoms with Gasteiger partial charge in [0.1, 0.15) is 6.54 Å². The predicted octanol–water partition coefficient (Wildman–Crippen LogP) is 6.28. The van der Waals surface area contributed by atoms with Crippen LogP contribution in [0.5, 0.6) is 0 Å². The summed E-state index contributed by atoms with van der Waals surface area (Å²) in [5, 5.41) is 5.31. The number of carbonyl (C=O) groups excluding carboxylic acids is 2. The lowest BCUT2D eigenvalue weighted by Crippen LogP contribution is -2.40. The van der Waals surface area contributed by atoms with E-state index >= 15 is 0 Å². The molecule has 2 amide bonds. The molecule has 3 aromatic rings. The van der Waals surface area contributed by atoms with Gasteiger partial charge in [-0.15, -0.1) is 11.3 Å². The third-order valence-corrected chi connectivity index (χ3v) is 6.05. The van der Waals surface area contributed by atoms with Gasteiger partial charge >= 0.3 is 0 Å². The van der Waals surface area contributed by atoms with Gasteiger partial charge < -0.3 is 10.2 Å². The average molecular weight is 464 g/mol. The van der Waals surface area contributed by atoms with Gasteiger partial charge in [0.25, 0.3) is 5.91 Å². The summed E-state index contributed by atoms with van der Waals surface area (Å²) in [7, 11) is 0. The Bertz CT molecular complexity index is 1030. The zero-order chi connectivity index (χ0) is 23.6. The molecule has 3 rings (SSSR count). The number of thiazole rings is 1. The van der Waals surface area contributed by atoms with Crippen molar-refractivity contribution in [2.24, 2.45) is 5.92 Å². The van der Waals surface area contributed by atoms with Gasteiger partial charge in [-0.1, -0.05) is 76.1 Å².